The van der Waals surface area contributed by atoms with Crippen LogP contribution in [0.1, 0.15) is 23.9 Å². The van der Waals surface area contributed by atoms with Gasteiger partial charge in [-0.05, 0) is 31.5 Å². The monoisotopic (exact) mass is 278 g/mol. The van der Waals surface area contributed by atoms with Crippen LogP contribution < -0.4 is 0 Å². The molecule has 1 aromatic carbocycles. The van der Waals surface area contributed by atoms with E-state index in [0.717, 1.165) is 17.5 Å². The quantitative estimate of drug-likeness (QED) is 0.843. The molecule has 0 unspecified atom stereocenters. The van der Waals surface area contributed by atoms with Crippen LogP contribution in [0.5, 0.6) is 0 Å². The number of hydrogen-bond acceptors (Lipinski definition) is 2. The van der Waals surface area contributed by atoms with Gasteiger partial charge in [0.1, 0.15) is 5.78 Å². The fourth-order valence-corrected chi connectivity index (χ4v) is 2.18. The van der Waals surface area contributed by atoms with Crippen molar-refractivity contribution in [1.82, 2.24) is 9.78 Å². The molecule has 2 aromatic rings. The molecule has 0 aliphatic rings. The maximum Gasteiger partial charge on any atom is 0.162 e. The SMILES string of the molecule is CCn1nc(C)cc1CC(=O)Cc1cccc(F)c1F. The summed E-state index contributed by atoms with van der Waals surface area (Å²) in [5, 5.41) is 4.25. The predicted molar refractivity (Wildman–Crippen MR) is 71.4 cm³/mol. The lowest BCUT2D eigenvalue weighted by atomic mass is 10.0. The molecule has 0 saturated carbocycles. The first-order valence-corrected chi connectivity index (χ1v) is 6.49. The van der Waals surface area contributed by atoms with Crippen LogP contribution in [0.4, 0.5) is 8.78 Å². The fourth-order valence-electron chi connectivity index (χ4n) is 2.18. The molecular formula is C15H16F2N2O. The van der Waals surface area contributed by atoms with Crippen LogP contribution >= 0.6 is 0 Å². The Hall–Kier alpha value is -2.04. The Labute approximate surface area is 116 Å². The summed E-state index contributed by atoms with van der Waals surface area (Å²) < 4.78 is 28.3. The van der Waals surface area contributed by atoms with E-state index in [1.54, 1.807) is 4.68 Å². The number of nitrogens with zero attached hydrogens (tertiary/aromatic N) is 2. The molecule has 0 aliphatic heterocycles. The smallest absolute Gasteiger partial charge is 0.162 e. The van der Waals surface area contributed by atoms with Crippen LogP contribution in [0.3, 0.4) is 0 Å². The first-order valence-electron chi connectivity index (χ1n) is 6.49. The standard InChI is InChI=1S/C15H16F2N2O/c1-3-19-12(7-10(2)18-19)9-13(20)8-11-5-4-6-14(16)15(11)17/h4-7H,3,8-9H2,1-2H3. The molecule has 5 heteroatoms. The number of halogens is 2. The minimum Gasteiger partial charge on any atom is -0.299 e. The van der Waals surface area contributed by atoms with Gasteiger partial charge in [0.15, 0.2) is 11.6 Å². The molecule has 3 nitrogen and oxygen atoms in total. The minimum absolute atomic E-state index is 0.0919. The zero-order chi connectivity index (χ0) is 14.7. The van der Waals surface area contributed by atoms with E-state index in [0.29, 0.717) is 6.54 Å². The first kappa shape index (κ1) is 14.4. The molecule has 0 N–H and O–H groups in total. The molecule has 0 bridgehead atoms. The summed E-state index contributed by atoms with van der Waals surface area (Å²) in [5.74, 6) is -2.03. The number of rotatable bonds is 5. The maximum absolute atomic E-state index is 13.5. The molecule has 1 heterocycles. The third kappa shape index (κ3) is 3.10. The zero-order valence-electron chi connectivity index (χ0n) is 11.5. The van der Waals surface area contributed by atoms with E-state index in [9.17, 15) is 13.6 Å². The van der Waals surface area contributed by atoms with Crippen molar-refractivity contribution < 1.29 is 13.6 Å². The average molecular weight is 278 g/mol. The Morgan fingerprint density at radius 1 is 1.30 bits per heavy atom. The molecule has 0 radical (unpaired) electrons. The Morgan fingerprint density at radius 3 is 2.75 bits per heavy atom. The van der Waals surface area contributed by atoms with Crippen molar-refractivity contribution in [3.63, 3.8) is 0 Å². The van der Waals surface area contributed by atoms with Gasteiger partial charge < -0.3 is 0 Å². The van der Waals surface area contributed by atoms with Gasteiger partial charge in [-0.15, -0.1) is 0 Å². The highest BCUT2D eigenvalue weighted by Gasteiger charge is 2.14. The second-order valence-corrected chi connectivity index (χ2v) is 4.70. The highest BCUT2D eigenvalue weighted by molar-refractivity contribution is 5.82. The lowest BCUT2D eigenvalue weighted by molar-refractivity contribution is -0.117. The summed E-state index contributed by atoms with van der Waals surface area (Å²) in [6, 6.07) is 5.71. The summed E-state index contributed by atoms with van der Waals surface area (Å²) >= 11 is 0. The second kappa shape index (κ2) is 5.94. The molecule has 1 aromatic heterocycles. The third-order valence-corrected chi connectivity index (χ3v) is 3.08. The van der Waals surface area contributed by atoms with Gasteiger partial charge in [0.05, 0.1) is 5.69 Å². The van der Waals surface area contributed by atoms with Gasteiger partial charge in [-0.25, -0.2) is 8.78 Å². The van der Waals surface area contributed by atoms with Gasteiger partial charge in [-0.1, -0.05) is 12.1 Å². The highest BCUT2D eigenvalue weighted by atomic mass is 19.2. The van der Waals surface area contributed by atoms with E-state index in [1.165, 1.54) is 12.1 Å². The molecule has 20 heavy (non-hydrogen) atoms. The number of hydrogen-bond donors (Lipinski definition) is 0. The summed E-state index contributed by atoms with van der Waals surface area (Å²) in [4.78, 5) is 12.0. The molecule has 0 aliphatic carbocycles. The number of carbonyl (C=O) groups excluding carboxylic acids is 1. The molecule has 0 fully saturated rings. The summed E-state index contributed by atoms with van der Waals surface area (Å²) in [6.45, 7) is 4.46. The Kier molecular flexibility index (Phi) is 4.27. The fraction of sp³-hybridized carbons (Fsp3) is 0.333. The number of Topliss-reactive ketones (excluding diaryl/α,β-unsaturated/α-hetero) is 1. The third-order valence-electron chi connectivity index (χ3n) is 3.08. The normalized spacial score (nSPS) is 10.8. The van der Waals surface area contributed by atoms with Crippen LogP contribution in [0, 0.1) is 18.6 Å². The van der Waals surface area contributed by atoms with Crippen LogP contribution in [0.2, 0.25) is 0 Å². The number of aryl methyl sites for hydroxylation is 2. The molecular weight excluding hydrogens is 262 g/mol. The molecule has 0 saturated heterocycles. The van der Waals surface area contributed by atoms with Crippen LogP contribution in [0.15, 0.2) is 24.3 Å². The average Bonchev–Trinajstić information content (AvgIpc) is 2.75. The van der Waals surface area contributed by atoms with E-state index in [4.69, 9.17) is 0 Å². The van der Waals surface area contributed by atoms with E-state index < -0.39 is 11.6 Å². The van der Waals surface area contributed by atoms with Crippen molar-refractivity contribution in [3.05, 3.63) is 52.9 Å². The van der Waals surface area contributed by atoms with E-state index in [1.807, 2.05) is 19.9 Å². The van der Waals surface area contributed by atoms with Crippen molar-refractivity contribution in [2.75, 3.05) is 0 Å². The minimum atomic E-state index is -0.943. The lowest BCUT2D eigenvalue weighted by Gasteiger charge is -2.05. The first-order chi connectivity index (χ1) is 9.51. The predicted octanol–water partition coefficient (Wildman–Crippen LogP) is 2.84. The van der Waals surface area contributed by atoms with Gasteiger partial charge in [0.25, 0.3) is 0 Å². The molecule has 0 spiro atoms. The molecule has 106 valence electrons. The van der Waals surface area contributed by atoms with Gasteiger partial charge in [0.2, 0.25) is 0 Å². The zero-order valence-corrected chi connectivity index (χ0v) is 11.5. The number of carbonyl (C=O) groups is 1. The summed E-state index contributed by atoms with van der Waals surface area (Å²) in [5.41, 5.74) is 1.73. The van der Waals surface area contributed by atoms with Gasteiger partial charge in [-0.3, -0.25) is 9.48 Å². The second-order valence-electron chi connectivity index (χ2n) is 4.70. The van der Waals surface area contributed by atoms with Crippen molar-refractivity contribution in [2.24, 2.45) is 0 Å². The summed E-state index contributed by atoms with van der Waals surface area (Å²) in [7, 11) is 0. The number of aromatic nitrogens is 2. The van der Waals surface area contributed by atoms with Crippen molar-refractivity contribution in [2.45, 2.75) is 33.2 Å². The van der Waals surface area contributed by atoms with Crippen molar-refractivity contribution in [3.8, 4) is 0 Å². The van der Waals surface area contributed by atoms with E-state index in [2.05, 4.69) is 5.10 Å². The Bertz CT molecular complexity index is 635. The van der Waals surface area contributed by atoms with Crippen LogP contribution in [-0.2, 0) is 24.2 Å². The lowest BCUT2D eigenvalue weighted by Crippen LogP contribution is -2.12. The van der Waals surface area contributed by atoms with Crippen molar-refractivity contribution in [1.29, 1.82) is 0 Å². The highest BCUT2D eigenvalue weighted by Crippen LogP contribution is 2.14. The molecule has 2 rings (SSSR count). The van der Waals surface area contributed by atoms with Crippen molar-refractivity contribution >= 4 is 5.78 Å². The van der Waals surface area contributed by atoms with Crippen LogP contribution in [0.25, 0.3) is 0 Å². The maximum atomic E-state index is 13.5. The number of benzene rings is 1. The van der Waals surface area contributed by atoms with E-state index >= 15 is 0 Å². The topological polar surface area (TPSA) is 34.9 Å². The Balaban J connectivity index is 2.11. The molecule has 0 amide bonds. The van der Waals surface area contributed by atoms with Gasteiger partial charge in [-0.2, -0.15) is 5.10 Å². The Morgan fingerprint density at radius 2 is 2.05 bits per heavy atom. The van der Waals surface area contributed by atoms with Gasteiger partial charge >= 0.3 is 0 Å². The largest absolute Gasteiger partial charge is 0.299 e. The van der Waals surface area contributed by atoms with E-state index in [-0.39, 0.29) is 24.2 Å². The van der Waals surface area contributed by atoms with Gasteiger partial charge in [0, 0.05) is 25.1 Å². The van der Waals surface area contributed by atoms with Crippen LogP contribution in [-0.4, -0.2) is 15.6 Å². The molecule has 0 atom stereocenters. The summed E-state index contributed by atoms with van der Waals surface area (Å²) in [6.07, 6.45) is 0.0577. The number of ketones is 1.